The SMILES string of the molecule is COc1c(I)ccc2oc(C(=O)Nc3ccc(-c4ccc(S(=O)(=O)NC(C(=O)O)C(C)C)cc4)cc3)c(C)c12. The fourth-order valence-electron chi connectivity index (χ4n) is 4.16. The minimum atomic E-state index is -4.01. The van der Waals surface area contributed by atoms with Crippen LogP contribution < -0.4 is 14.8 Å². The highest BCUT2D eigenvalue weighted by Gasteiger charge is 2.28. The summed E-state index contributed by atoms with van der Waals surface area (Å²) in [5, 5.41) is 12.9. The molecule has 4 rings (SSSR count). The van der Waals surface area contributed by atoms with Crippen LogP contribution in [0.4, 0.5) is 5.69 Å². The van der Waals surface area contributed by atoms with E-state index in [1.54, 1.807) is 63.4 Å². The van der Waals surface area contributed by atoms with Gasteiger partial charge in [-0.05, 0) is 83.0 Å². The van der Waals surface area contributed by atoms with Gasteiger partial charge in [-0.1, -0.05) is 38.1 Å². The first-order valence-electron chi connectivity index (χ1n) is 12.0. The van der Waals surface area contributed by atoms with Crippen molar-refractivity contribution < 1.29 is 32.3 Å². The fourth-order valence-corrected chi connectivity index (χ4v) is 6.17. The average Bonchev–Trinajstić information content (AvgIpc) is 3.24. The van der Waals surface area contributed by atoms with Crippen molar-refractivity contribution in [3.05, 3.63) is 75.6 Å². The molecule has 0 aliphatic rings. The molecule has 9 nitrogen and oxygen atoms in total. The van der Waals surface area contributed by atoms with E-state index >= 15 is 0 Å². The molecule has 0 saturated carbocycles. The van der Waals surface area contributed by atoms with Gasteiger partial charge in [-0.15, -0.1) is 0 Å². The van der Waals surface area contributed by atoms with Gasteiger partial charge in [-0.3, -0.25) is 9.59 Å². The number of ether oxygens (including phenoxy) is 1. The van der Waals surface area contributed by atoms with Crippen molar-refractivity contribution in [2.45, 2.75) is 31.7 Å². The van der Waals surface area contributed by atoms with Crippen molar-refractivity contribution in [2.75, 3.05) is 12.4 Å². The minimum absolute atomic E-state index is 0.0328. The summed E-state index contributed by atoms with van der Waals surface area (Å²) in [7, 11) is -2.43. The van der Waals surface area contributed by atoms with Gasteiger partial charge in [0.05, 0.1) is 21.0 Å². The van der Waals surface area contributed by atoms with Crippen LogP contribution in [0, 0.1) is 16.4 Å². The summed E-state index contributed by atoms with van der Waals surface area (Å²) in [6.45, 7) is 5.07. The number of hydrogen-bond acceptors (Lipinski definition) is 6. The second-order valence-electron chi connectivity index (χ2n) is 9.25. The minimum Gasteiger partial charge on any atom is -0.495 e. The molecule has 11 heteroatoms. The molecule has 1 aromatic heterocycles. The molecule has 39 heavy (non-hydrogen) atoms. The molecule has 0 saturated heterocycles. The molecule has 1 amide bonds. The van der Waals surface area contributed by atoms with Gasteiger partial charge in [0, 0.05) is 11.3 Å². The number of rotatable bonds is 9. The largest absolute Gasteiger partial charge is 0.495 e. The van der Waals surface area contributed by atoms with E-state index in [-0.39, 0.29) is 10.7 Å². The topological polar surface area (TPSA) is 135 Å². The third-order valence-corrected chi connectivity index (χ3v) is 8.57. The van der Waals surface area contributed by atoms with Crippen LogP contribution >= 0.6 is 22.6 Å². The number of carboxylic acids is 1. The van der Waals surface area contributed by atoms with Gasteiger partial charge in [0.2, 0.25) is 10.0 Å². The van der Waals surface area contributed by atoms with Gasteiger partial charge < -0.3 is 19.6 Å². The summed E-state index contributed by atoms with van der Waals surface area (Å²) >= 11 is 2.17. The Labute approximate surface area is 239 Å². The lowest BCUT2D eigenvalue weighted by atomic mass is 10.1. The second-order valence-corrected chi connectivity index (χ2v) is 12.1. The number of aliphatic carboxylic acids is 1. The maximum Gasteiger partial charge on any atom is 0.322 e. The number of methoxy groups -OCH3 is 1. The lowest BCUT2D eigenvalue weighted by Crippen LogP contribution is -2.44. The zero-order valence-electron chi connectivity index (χ0n) is 21.6. The Kier molecular flexibility index (Phi) is 8.33. The Bertz CT molecular complexity index is 1640. The molecule has 0 aliphatic carbocycles. The number of carbonyl (C=O) groups is 2. The fraction of sp³-hybridized carbons (Fsp3) is 0.214. The lowest BCUT2D eigenvalue weighted by Gasteiger charge is -2.18. The number of furan rings is 1. The van der Waals surface area contributed by atoms with Crippen LogP contribution in [0.5, 0.6) is 5.75 Å². The van der Waals surface area contributed by atoms with Crippen LogP contribution in [0.25, 0.3) is 22.1 Å². The van der Waals surface area contributed by atoms with Gasteiger partial charge in [-0.25, -0.2) is 8.42 Å². The highest BCUT2D eigenvalue weighted by atomic mass is 127. The van der Waals surface area contributed by atoms with Crippen molar-refractivity contribution in [3.63, 3.8) is 0 Å². The highest BCUT2D eigenvalue weighted by molar-refractivity contribution is 14.1. The average molecular weight is 663 g/mol. The summed E-state index contributed by atoms with van der Waals surface area (Å²) in [5.41, 5.74) is 3.35. The normalized spacial score (nSPS) is 12.5. The predicted molar refractivity (Wildman–Crippen MR) is 157 cm³/mol. The number of anilines is 1. The van der Waals surface area contributed by atoms with Gasteiger partial charge in [0.1, 0.15) is 17.4 Å². The molecule has 3 N–H and O–H groups in total. The molecular formula is C28H27IN2O7S. The molecule has 0 aliphatic heterocycles. The third-order valence-electron chi connectivity index (χ3n) is 6.26. The zero-order valence-corrected chi connectivity index (χ0v) is 24.6. The molecular weight excluding hydrogens is 635 g/mol. The maximum atomic E-state index is 13.0. The molecule has 3 aromatic carbocycles. The Morgan fingerprint density at radius 3 is 2.10 bits per heavy atom. The molecule has 1 atom stereocenters. The van der Waals surface area contributed by atoms with Crippen molar-refractivity contribution in [1.29, 1.82) is 0 Å². The first-order chi connectivity index (χ1) is 18.4. The molecule has 0 radical (unpaired) electrons. The number of amides is 1. The Morgan fingerprint density at radius 2 is 1.56 bits per heavy atom. The van der Waals surface area contributed by atoms with Crippen molar-refractivity contribution >= 4 is 61.1 Å². The van der Waals surface area contributed by atoms with E-state index in [0.717, 1.165) is 20.1 Å². The molecule has 0 fully saturated rings. The third kappa shape index (κ3) is 5.94. The quantitative estimate of drug-likeness (QED) is 0.197. The summed E-state index contributed by atoms with van der Waals surface area (Å²) in [6, 6.07) is 15.6. The van der Waals surface area contributed by atoms with Gasteiger partial charge >= 0.3 is 5.97 Å². The number of halogens is 1. The summed E-state index contributed by atoms with van der Waals surface area (Å²) in [6.07, 6.45) is 0. The van der Waals surface area contributed by atoms with Gasteiger partial charge in [-0.2, -0.15) is 4.72 Å². The van der Waals surface area contributed by atoms with Gasteiger partial charge in [0.25, 0.3) is 5.91 Å². The first kappa shape index (κ1) is 28.6. The highest BCUT2D eigenvalue weighted by Crippen LogP contribution is 2.36. The van der Waals surface area contributed by atoms with Crippen LogP contribution in [0.15, 0.2) is 70.0 Å². The van der Waals surface area contributed by atoms with E-state index in [2.05, 4.69) is 32.6 Å². The number of carboxylic acid groups (broad SMARTS) is 1. The van der Waals surface area contributed by atoms with Crippen LogP contribution in [0.2, 0.25) is 0 Å². The number of benzene rings is 3. The van der Waals surface area contributed by atoms with E-state index < -0.39 is 33.9 Å². The smallest absolute Gasteiger partial charge is 0.322 e. The molecule has 1 heterocycles. The Morgan fingerprint density at radius 1 is 0.974 bits per heavy atom. The molecule has 204 valence electrons. The second kappa shape index (κ2) is 11.4. The molecule has 4 aromatic rings. The lowest BCUT2D eigenvalue weighted by molar-refractivity contribution is -0.140. The van der Waals surface area contributed by atoms with E-state index in [1.165, 1.54) is 12.1 Å². The molecule has 0 bridgehead atoms. The zero-order chi connectivity index (χ0) is 28.5. The van der Waals surface area contributed by atoms with Crippen LogP contribution in [-0.2, 0) is 14.8 Å². The van der Waals surface area contributed by atoms with E-state index in [9.17, 15) is 23.1 Å². The van der Waals surface area contributed by atoms with E-state index in [1.807, 2.05) is 13.0 Å². The number of sulfonamides is 1. The standard InChI is InChI=1S/C28H27IN2O7S/c1-15(2)24(28(33)34)31-39(35,36)20-11-7-18(8-12-20)17-5-9-19(10-6-17)30-27(32)25-16(3)23-22(38-25)14-13-21(29)26(23)37-4/h5-15,24,31H,1-4H3,(H,30,32)(H,33,34). The van der Waals surface area contributed by atoms with Crippen LogP contribution in [0.1, 0.15) is 30.0 Å². The van der Waals surface area contributed by atoms with E-state index in [4.69, 9.17) is 9.15 Å². The predicted octanol–water partition coefficient (Wildman–Crippen LogP) is 5.66. The van der Waals surface area contributed by atoms with Crippen molar-refractivity contribution in [3.8, 4) is 16.9 Å². The monoisotopic (exact) mass is 662 g/mol. The molecule has 1 unspecified atom stereocenters. The van der Waals surface area contributed by atoms with Gasteiger partial charge in [0.15, 0.2) is 5.76 Å². The summed E-state index contributed by atoms with van der Waals surface area (Å²) in [5.74, 6) is -1.19. The molecule has 0 spiro atoms. The van der Waals surface area contributed by atoms with Crippen molar-refractivity contribution in [2.24, 2.45) is 5.92 Å². The Hall–Kier alpha value is -3.42. The number of carbonyl (C=O) groups excluding carboxylic acids is 1. The number of nitrogens with one attached hydrogen (secondary N) is 2. The van der Waals surface area contributed by atoms with Crippen molar-refractivity contribution in [1.82, 2.24) is 4.72 Å². The van der Waals surface area contributed by atoms with Crippen LogP contribution in [-0.4, -0.2) is 38.6 Å². The maximum absolute atomic E-state index is 13.0. The number of aryl methyl sites for hydroxylation is 1. The summed E-state index contributed by atoms with van der Waals surface area (Å²) < 4.78 is 39.8. The number of hydrogen-bond donors (Lipinski definition) is 3. The van der Waals surface area contributed by atoms with Crippen LogP contribution in [0.3, 0.4) is 0 Å². The van der Waals surface area contributed by atoms with E-state index in [0.29, 0.717) is 22.6 Å². The summed E-state index contributed by atoms with van der Waals surface area (Å²) in [4.78, 5) is 24.4. The number of fused-ring (bicyclic) bond motifs is 1. The Balaban J connectivity index is 1.49. The first-order valence-corrected chi connectivity index (χ1v) is 14.5.